The van der Waals surface area contributed by atoms with Gasteiger partial charge in [-0.2, -0.15) is 18.2 Å². The summed E-state index contributed by atoms with van der Waals surface area (Å²) >= 11 is 0. The van der Waals surface area contributed by atoms with Crippen molar-refractivity contribution in [3.05, 3.63) is 35.2 Å². The van der Waals surface area contributed by atoms with Crippen molar-refractivity contribution in [1.82, 2.24) is 24.8 Å². The van der Waals surface area contributed by atoms with Crippen LogP contribution in [0.15, 0.2) is 18.3 Å². The van der Waals surface area contributed by atoms with E-state index in [2.05, 4.69) is 20.0 Å². The Bertz CT molecular complexity index is 1120. The highest BCUT2D eigenvalue weighted by Crippen LogP contribution is 2.29. The van der Waals surface area contributed by atoms with Crippen LogP contribution in [0.4, 0.5) is 24.9 Å². The van der Waals surface area contributed by atoms with Crippen molar-refractivity contribution >= 4 is 23.6 Å². The Morgan fingerprint density at radius 3 is 2.54 bits per heavy atom. The molecule has 13 heteroatoms. The number of halogens is 3. The zero-order valence-corrected chi connectivity index (χ0v) is 20.8. The maximum atomic E-state index is 13.0. The van der Waals surface area contributed by atoms with Gasteiger partial charge in [0.05, 0.1) is 6.54 Å². The van der Waals surface area contributed by atoms with E-state index >= 15 is 0 Å². The molecule has 10 nitrogen and oxygen atoms in total. The normalized spacial score (nSPS) is 15.7. The van der Waals surface area contributed by atoms with Crippen LogP contribution in [0, 0.1) is 0 Å². The first kappa shape index (κ1) is 26.4. The quantitative estimate of drug-likeness (QED) is 0.537. The van der Waals surface area contributed by atoms with E-state index in [0.717, 1.165) is 17.5 Å². The number of aromatic nitrogens is 3. The smallest absolute Gasteiger partial charge is 0.422 e. The number of piperazine rings is 1. The predicted molar refractivity (Wildman–Crippen MR) is 130 cm³/mol. The number of nitrogens with one attached hydrogen (secondary N) is 1. The average Bonchev–Trinajstić information content (AvgIpc) is 3.18. The van der Waals surface area contributed by atoms with Gasteiger partial charge in [0.15, 0.2) is 6.61 Å². The van der Waals surface area contributed by atoms with Crippen LogP contribution in [-0.4, -0.2) is 88.6 Å². The lowest BCUT2D eigenvalue weighted by Gasteiger charge is -2.34. The first-order valence-electron chi connectivity index (χ1n) is 12.2. The van der Waals surface area contributed by atoms with Gasteiger partial charge in [0.2, 0.25) is 17.7 Å². The highest BCUT2D eigenvalue weighted by atomic mass is 19.4. The van der Waals surface area contributed by atoms with E-state index in [4.69, 9.17) is 4.98 Å². The Hall–Kier alpha value is -3.64. The Balaban J connectivity index is 1.45. The second-order valence-corrected chi connectivity index (χ2v) is 9.00. The summed E-state index contributed by atoms with van der Waals surface area (Å²) in [5, 5.41) is 3.31. The number of nitrogens with zero attached hydrogens (tertiary/aromatic N) is 6. The number of ether oxygens (including phenoxy) is 1. The van der Waals surface area contributed by atoms with E-state index in [1.807, 2.05) is 11.8 Å². The molecule has 2 aromatic heterocycles. The predicted octanol–water partition coefficient (Wildman–Crippen LogP) is 2.50. The first-order chi connectivity index (χ1) is 17.6. The summed E-state index contributed by atoms with van der Waals surface area (Å²) in [5.41, 5.74) is 1.95. The minimum absolute atomic E-state index is 0.0247. The molecule has 2 aliphatic heterocycles. The summed E-state index contributed by atoms with van der Waals surface area (Å²) in [5.74, 6) is 0.844. The highest BCUT2D eigenvalue weighted by molar-refractivity contribution is 5.98. The summed E-state index contributed by atoms with van der Waals surface area (Å²) < 4.78 is 41.6. The number of hydrogen-bond acceptors (Lipinski definition) is 8. The summed E-state index contributed by atoms with van der Waals surface area (Å²) in [6, 6.07) is 3.07. The van der Waals surface area contributed by atoms with Crippen molar-refractivity contribution < 1.29 is 27.5 Å². The van der Waals surface area contributed by atoms with Crippen molar-refractivity contribution in [2.24, 2.45) is 0 Å². The number of alkyl halides is 3. The van der Waals surface area contributed by atoms with Crippen LogP contribution in [0.2, 0.25) is 0 Å². The van der Waals surface area contributed by atoms with Crippen LogP contribution in [0.1, 0.15) is 41.9 Å². The summed E-state index contributed by atoms with van der Waals surface area (Å²) in [6.45, 7) is 5.93. The van der Waals surface area contributed by atoms with Crippen molar-refractivity contribution in [1.29, 1.82) is 0 Å². The minimum atomic E-state index is -4.42. The van der Waals surface area contributed by atoms with Crippen LogP contribution in [0.3, 0.4) is 0 Å². The second-order valence-electron chi connectivity index (χ2n) is 9.00. The number of pyridine rings is 1. The van der Waals surface area contributed by atoms with E-state index < -0.39 is 12.8 Å². The van der Waals surface area contributed by atoms with Crippen LogP contribution >= 0.6 is 0 Å². The van der Waals surface area contributed by atoms with E-state index in [0.29, 0.717) is 69.7 Å². The number of anilines is 2. The largest absolute Gasteiger partial charge is 0.468 e. The molecule has 0 saturated carbocycles. The molecule has 0 atom stereocenters. The number of carbonyl (C=O) groups excluding carboxylic acids is 2. The molecule has 4 rings (SSSR count). The molecule has 200 valence electrons. The third-order valence-corrected chi connectivity index (χ3v) is 6.22. The number of fused-ring (bicyclic) bond motifs is 1. The Morgan fingerprint density at radius 1 is 1.16 bits per heavy atom. The van der Waals surface area contributed by atoms with Crippen molar-refractivity contribution in [3.8, 4) is 5.88 Å². The molecule has 1 N–H and O–H groups in total. The average molecular weight is 522 g/mol. The van der Waals surface area contributed by atoms with E-state index in [1.165, 1.54) is 12.3 Å². The third-order valence-electron chi connectivity index (χ3n) is 6.22. The van der Waals surface area contributed by atoms with E-state index in [9.17, 15) is 22.8 Å². The zero-order valence-electron chi connectivity index (χ0n) is 20.8. The van der Waals surface area contributed by atoms with Crippen LogP contribution in [0.5, 0.6) is 5.88 Å². The van der Waals surface area contributed by atoms with Gasteiger partial charge in [-0.3, -0.25) is 9.59 Å². The molecule has 2 aromatic rings. The van der Waals surface area contributed by atoms with Gasteiger partial charge in [-0.15, -0.1) is 0 Å². The van der Waals surface area contributed by atoms with Gasteiger partial charge >= 0.3 is 6.18 Å². The first-order valence-corrected chi connectivity index (χ1v) is 12.2. The molecule has 0 spiro atoms. The van der Waals surface area contributed by atoms with E-state index in [1.54, 1.807) is 22.8 Å². The van der Waals surface area contributed by atoms with Crippen molar-refractivity contribution in [3.63, 3.8) is 0 Å². The fourth-order valence-corrected chi connectivity index (χ4v) is 4.30. The second kappa shape index (κ2) is 11.2. The summed E-state index contributed by atoms with van der Waals surface area (Å²) in [4.78, 5) is 43.5. The highest BCUT2D eigenvalue weighted by Gasteiger charge is 2.33. The van der Waals surface area contributed by atoms with Crippen LogP contribution in [0.25, 0.3) is 0 Å². The minimum Gasteiger partial charge on any atom is -0.468 e. The Kier molecular flexibility index (Phi) is 7.98. The fraction of sp³-hybridized carbons (Fsp3) is 0.542. The molecule has 1 fully saturated rings. The number of rotatable bonds is 9. The van der Waals surface area contributed by atoms with Gasteiger partial charge in [0, 0.05) is 64.0 Å². The fourth-order valence-electron chi connectivity index (χ4n) is 4.30. The maximum Gasteiger partial charge on any atom is 0.422 e. The molecule has 2 aliphatic rings. The van der Waals surface area contributed by atoms with Gasteiger partial charge in [-0.25, -0.2) is 9.97 Å². The number of amides is 2. The topological polar surface area (TPSA) is 104 Å². The standard InChI is InChI=1S/C24H30F3N7O3/c1-3-8-34-14-18-20(22(34)36)30-23(33-11-9-32(10-12-33)16(2)35)31-21(18)28-7-6-17-4-5-19(29-13-17)37-15-24(25,26)27/h4-5,13H,3,6-12,14-15H2,1-2H3,(H,28,30,31). The molecule has 0 aliphatic carbocycles. The maximum absolute atomic E-state index is 13.0. The van der Waals surface area contributed by atoms with Gasteiger partial charge in [-0.05, 0) is 18.4 Å². The Morgan fingerprint density at radius 2 is 1.92 bits per heavy atom. The monoisotopic (exact) mass is 521 g/mol. The molecule has 0 radical (unpaired) electrons. The molecule has 37 heavy (non-hydrogen) atoms. The van der Waals surface area contributed by atoms with Gasteiger partial charge < -0.3 is 24.8 Å². The summed E-state index contributed by atoms with van der Waals surface area (Å²) in [6.07, 6.45) is -1.59. The molecule has 4 heterocycles. The Labute approximate surface area is 212 Å². The molecule has 2 amide bonds. The molecule has 0 bridgehead atoms. The van der Waals surface area contributed by atoms with Gasteiger partial charge in [0.1, 0.15) is 11.5 Å². The van der Waals surface area contributed by atoms with Crippen LogP contribution in [-0.2, 0) is 17.8 Å². The lowest BCUT2D eigenvalue weighted by atomic mass is 10.2. The van der Waals surface area contributed by atoms with E-state index in [-0.39, 0.29) is 17.7 Å². The molecule has 1 saturated heterocycles. The number of carbonyl (C=O) groups is 2. The van der Waals surface area contributed by atoms with Gasteiger partial charge in [0.25, 0.3) is 5.91 Å². The van der Waals surface area contributed by atoms with Crippen molar-refractivity contribution in [2.75, 3.05) is 56.1 Å². The number of hydrogen-bond donors (Lipinski definition) is 1. The summed E-state index contributed by atoms with van der Waals surface area (Å²) in [7, 11) is 0. The third kappa shape index (κ3) is 6.57. The molecule has 0 aromatic carbocycles. The van der Waals surface area contributed by atoms with Crippen LogP contribution < -0.4 is 15.0 Å². The van der Waals surface area contributed by atoms with Gasteiger partial charge in [-0.1, -0.05) is 13.0 Å². The SMILES string of the molecule is CCCN1Cc2c(NCCc3ccc(OCC(F)(F)F)nc3)nc(N3CCN(C(C)=O)CC3)nc2C1=O. The molecular weight excluding hydrogens is 491 g/mol. The lowest BCUT2D eigenvalue weighted by Crippen LogP contribution is -2.48. The zero-order chi connectivity index (χ0) is 26.6. The van der Waals surface area contributed by atoms with Crippen molar-refractivity contribution in [2.45, 2.75) is 39.4 Å². The molecule has 0 unspecified atom stereocenters. The lowest BCUT2D eigenvalue weighted by molar-refractivity contribution is -0.154. The molecular formula is C24H30F3N7O3.